The van der Waals surface area contributed by atoms with E-state index in [1.54, 1.807) is 12.4 Å². The Kier molecular flexibility index (Phi) is 3.46. The van der Waals surface area contributed by atoms with E-state index in [2.05, 4.69) is 38.1 Å². The van der Waals surface area contributed by atoms with E-state index in [4.69, 9.17) is 4.98 Å². The van der Waals surface area contributed by atoms with Gasteiger partial charge in [0.25, 0.3) is 0 Å². The molecule has 4 nitrogen and oxygen atoms in total. The number of hydrogen-bond donors (Lipinski definition) is 1. The van der Waals surface area contributed by atoms with Crippen molar-refractivity contribution in [2.45, 2.75) is 25.7 Å². The second kappa shape index (κ2) is 5.25. The van der Waals surface area contributed by atoms with Crippen LogP contribution in [0.1, 0.15) is 31.4 Å². The van der Waals surface area contributed by atoms with Crippen LogP contribution in [0.15, 0.2) is 29.0 Å². The molecule has 5 heteroatoms. The van der Waals surface area contributed by atoms with Crippen molar-refractivity contribution >= 4 is 21.7 Å². The van der Waals surface area contributed by atoms with Crippen LogP contribution in [0.3, 0.4) is 0 Å². The third-order valence-corrected chi connectivity index (χ3v) is 3.89. The summed E-state index contributed by atoms with van der Waals surface area (Å²) >= 11 is 3.63. The molecule has 3 rings (SSSR count). The molecular formula is C14H15BrN4. The maximum Gasteiger partial charge on any atom is 0.163 e. The molecule has 0 spiro atoms. The molecule has 2 aromatic heterocycles. The first kappa shape index (κ1) is 12.5. The zero-order chi connectivity index (χ0) is 13.2. The molecule has 0 aliphatic heterocycles. The molecule has 1 fully saturated rings. The molecule has 98 valence electrons. The van der Waals surface area contributed by atoms with Gasteiger partial charge in [-0.2, -0.15) is 0 Å². The molecule has 2 heterocycles. The first-order valence-corrected chi connectivity index (χ1v) is 7.30. The average molecular weight is 319 g/mol. The lowest BCUT2D eigenvalue weighted by Crippen LogP contribution is -2.05. The van der Waals surface area contributed by atoms with E-state index in [0.29, 0.717) is 5.92 Å². The maximum absolute atomic E-state index is 4.71. The lowest BCUT2D eigenvalue weighted by Gasteiger charge is -2.11. The van der Waals surface area contributed by atoms with Crippen molar-refractivity contribution < 1.29 is 0 Å². The van der Waals surface area contributed by atoms with Crippen molar-refractivity contribution in [3.8, 4) is 11.4 Å². The zero-order valence-electron chi connectivity index (χ0n) is 10.7. The van der Waals surface area contributed by atoms with Crippen LogP contribution in [0, 0.1) is 0 Å². The second-order valence-electron chi connectivity index (χ2n) is 4.64. The first-order valence-electron chi connectivity index (χ1n) is 6.51. The lowest BCUT2D eigenvalue weighted by atomic mass is 10.2. The molecule has 2 aromatic rings. The van der Waals surface area contributed by atoms with E-state index in [1.165, 1.54) is 12.8 Å². The van der Waals surface area contributed by atoms with Crippen LogP contribution in [0.4, 0.5) is 5.82 Å². The molecule has 0 radical (unpaired) electrons. The van der Waals surface area contributed by atoms with Crippen molar-refractivity contribution in [1.29, 1.82) is 0 Å². The van der Waals surface area contributed by atoms with Gasteiger partial charge in [-0.1, -0.05) is 0 Å². The summed E-state index contributed by atoms with van der Waals surface area (Å²) < 4.78 is 1.00. The van der Waals surface area contributed by atoms with Gasteiger partial charge in [-0.05, 0) is 47.8 Å². The number of nitrogens with one attached hydrogen (secondary N) is 1. The first-order chi connectivity index (χ1) is 9.29. The van der Waals surface area contributed by atoms with Gasteiger partial charge in [-0.3, -0.25) is 4.98 Å². The number of rotatable bonds is 4. The summed E-state index contributed by atoms with van der Waals surface area (Å²) in [6.07, 6.45) is 5.99. The van der Waals surface area contributed by atoms with Gasteiger partial charge in [0.15, 0.2) is 5.82 Å². The summed E-state index contributed by atoms with van der Waals surface area (Å²) in [5.41, 5.74) is 2.07. The van der Waals surface area contributed by atoms with Crippen LogP contribution in [0.2, 0.25) is 0 Å². The third-order valence-electron chi connectivity index (χ3n) is 3.10. The normalized spacial score (nSPS) is 14.4. The predicted octanol–water partition coefficient (Wildman–Crippen LogP) is 3.61. The molecule has 0 amide bonds. The van der Waals surface area contributed by atoms with Gasteiger partial charge in [0.05, 0.1) is 10.2 Å². The Labute approximate surface area is 120 Å². The molecule has 1 N–H and O–H groups in total. The minimum Gasteiger partial charge on any atom is -0.369 e. The fraction of sp³-hybridized carbons (Fsp3) is 0.357. The molecule has 0 aromatic carbocycles. The van der Waals surface area contributed by atoms with Gasteiger partial charge in [0, 0.05) is 30.4 Å². The molecule has 19 heavy (non-hydrogen) atoms. The standard InChI is InChI=1S/C14H15BrN4/c1-2-17-14-11(15)12(9-5-6-9)18-13(19-14)10-4-3-7-16-8-10/h3-4,7-9H,2,5-6H2,1H3,(H,17,18,19). The smallest absolute Gasteiger partial charge is 0.163 e. The van der Waals surface area contributed by atoms with Gasteiger partial charge in [-0.15, -0.1) is 0 Å². The zero-order valence-corrected chi connectivity index (χ0v) is 12.3. The van der Waals surface area contributed by atoms with Gasteiger partial charge >= 0.3 is 0 Å². The Morgan fingerprint density at radius 3 is 2.84 bits per heavy atom. The molecule has 0 bridgehead atoms. The molecule has 1 saturated carbocycles. The van der Waals surface area contributed by atoms with Crippen molar-refractivity contribution in [1.82, 2.24) is 15.0 Å². The lowest BCUT2D eigenvalue weighted by molar-refractivity contribution is 0.972. The fourth-order valence-electron chi connectivity index (χ4n) is 2.00. The van der Waals surface area contributed by atoms with Crippen LogP contribution in [-0.4, -0.2) is 21.5 Å². The van der Waals surface area contributed by atoms with E-state index in [0.717, 1.165) is 33.9 Å². The third kappa shape index (κ3) is 2.61. The van der Waals surface area contributed by atoms with E-state index < -0.39 is 0 Å². The number of anilines is 1. The topological polar surface area (TPSA) is 50.7 Å². The summed E-state index contributed by atoms with van der Waals surface area (Å²) in [6, 6.07) is 3.90. The molecular weight excluding hydrogens is 304 g/mol. The molecule has 1 aliphatic carbocycles. The highest BCUT2D eigenvalue weighted by Crippen LogP contribution is 2.44. The van der Waals surface area contributed by atoms with Crippen LogP contribution in [0.25, 0.3) is 11.4 Å². The Morgan fingerprint density at radius 2 is 2.21 bits per heavy atom. The summed E-state index contributed by atoms with van der Waals surface area (Å²) in [5.74, 6) is 2.19. The van der Waals surface area contributed by atoms with E-state index in [9.17, 15) is 0 Å². The highest BCUT2D eigenvalue weighted by Gasteiger charge is 2.29. The van der Waals surface area contributed by atoms with E-state index >= 15 is 0 Å². The van der Waals surface area contributed by atoms with Gasteiger partial charge < -0.3 is 5.32 Å². The second-order valence-corrected chi connectivity index (χ2v) is 5.43. The Hall–Kier alpha value is -1.49. The molecule has 1 aliphatic rings. The summed E-state index contributed by atoms with van der Waals surface area (Å²) in [6.45, 7) is 2.90. The number of nitrogens with zero attached hydrogens (tertiary/aromatic N) is 3. The average Bonchev–Trinajstić information content (AvgIpc) is 3.27. The van der Waals surface area contributed by atoms with Crippen molar-refractivity contribution in [2.24, 2.45) is 0 Å². The highest BCUT2D eigenvalue weighted by atomic mass is 79.9. The fourth-order valence-corrected chi connectivity index (χ4v) is 2.64. The number of hydrogen-bond acceptors (Lipinski definition) is 4. The maximum atomic E-state index is 4.71. The molecule has 0 unspecified atom stereocenters. The van der Waals surface area contributed by atoms with Crippen molar-refractivity contribution in [2.75, 3.05) is 11.9 Å². The highest BCUT2D eigenvalue weighted by molar-refractivity contribution is 9.10. The Bertz CT molecular complexity index is 581. The summed E-state index contributed by atoms with van der Waals surface area (Å²) in [7, 11) is 0. The number of pyridine rings is 1. The Balaban J connectivity index is 2.09. The summed E-state index contributed by atoms with van der Waals surface area (Å²) in [4.78, 5) is 13.4. The summed E-state index contributed by atoms with van der Waals surface area (Å²) in [5, 5.41) is 3.29. The van der Waals surface area contributed by atoms with Crippen LogP contribution >= 0.6 is 15.9 Å². The van der Waals surface area contributed by atoms with Gasteiger partial charge in [0.1, 0.15) is 5.82 Å². The monoisotopic (exact) mass is 318 g/mol. The minimum absolute atomic E-state index is 0.574. The van der Waals surface area contributed by atoms with Gasteiger partial charge in [-0.25, -0.2) is 9.97 Å². The van der Waals surface area contributed by atoms with Crippen molar-refractivity contribution in [3.05, 3.63) is 34.7 Å². The SMILES string of the molecule is CCNc1nc(-c2cccnc2)nc(C2CC2)c1Br. The predicted molar refractivity (Wildman–Crippen MR) is 79.1 cm³/mol. The number of aromatic nitrogens is 3. The largest absolute Gasteiger partial charge is 0.369 e. The van der Waals surface area contributed by atoms with Crippen LogP contribution < -0.4 is 5.32 Å². The van der Waals surface area contributed by atoms with Crippen LogP contribution in [-0.2, 0) is 0 Å². The van der Waals surface area contributed by atoms with E-state index in [-0.39, 0.29) is 0 Å². The Morgan fingerprint density at radius 1 is 1.37 bits per heavy atom. The van der Waals surface area contributed by atoms with Crippen LogP contribution in [0.5, 0.6) is 0 Å². The molecule has 0 saturated heterocycles. The minimum atomic E-state index is 0.574. The molecule has 0 atom stereocenters. The van der Waals surface area contributed by atoms with E-state index in [1.807, 2.05) is 12.1 Å². The van der Waals surface area contributed by atoms with Gasteiger partial charge in [0.2, 0.25) is 0 Å². The number of halogens is 1. The quantitative estimate of drug-likeness (QED) is 0.935. The van der Waals surface area contributed by atoms with Crippen molar-refractivity contribution in [3.63, 3.8) is 0 Å².